The highest BCUT2D eigenvalue weighted by Gasteiger charge is 2.58. The molecular weight excluding hydrogens is 648 g/mol. The summed E-state index contributed by atoms with van der Waals surface area (Å²) in [7, 11) is -3.09. The molecule has 4 rings (SSSR count). The molecule has 1 aromatic carbocycles. The molecule has 3 aromatic rings. The highest BCUT2D eigenvalue weighted by Crippen LogP contribution is 2.33. The van der Waals surface area contributed by atoms with E-state index < -0.39 is 58.2 Å². The number of aromatic nitrogens is 3. The number of anilines is 1. The van der Waals surface area contributed by atoms with Gasteiger partial charge in [-0.2, -0.15) is 18.2 Å². The van der Waals surface area contributed by atoms with Crippen LogP contribution in [0.4, 0.5) is 5.13 Å². The van der Waals surface area contributed by atoms with Crippen LogP contribution >= 0.6 is 11.3 Å². The first-order valence-corrected chi connectivity index (χ1v) is 15.8. The second kappa shape index (κ2) is 13.8. The molecule has 248 valence electrons. The van der Waals surface area contributed by atoms with Crippen molar-refractivity contribution in [3.8, 4) is 16.9 Å². The molecule has 2 amide bonds. The first-order chi connectivity index (χ1) is 21.6. The summed E-state index contributed by atoms with van der Waals surface area (Å²) in [6.45, 7) is 3.59. The molecule has 2 atom stereocenters. The third kappa shape index (κ3) is 7.95. The van der Waals surface area contributed by atoms with Gasteiger partial charge in [-0.25, -0.2) is 9.78 Å². The van der Waals surface area contributed by atoms with Crippen LogP contribution in [0.3, 0.4) is 0 Å². The zero-order chi connectivity index (χ0) is 33.8. The van der Waals surface area contributed by atoms with E-state index >= 15 is 0 Å². The summed E-state index contributed by atoms with van der Waals surface area (Å²) in [4.78, 5) is 46.8. The Labute approximate surface area is 267 Å². The molecule has 2 aromatic heterocycles. The summed E-state index contributed by atoms with van der Waals surface area (Å²) < 4.78 is 45.0. The molecule has 1 aliphatic heterocycles. The van der Waals surface area contributed by atoms with Gasteiger partial charge in [0.2, 0.25) is 6.20 Å². The topological polar surface area (TPSA) is 255 Å². The van der Waals surface area contributed by atoms with Crippen molar-refractivity contribution < 1.29 is 51.0 Å². The van der Waals surface area contributed by atoms with Crippen molar-refractivity contribution in [1.82, 2.24) is 20.0 Å². The van der Waals surface area contributed by atoms with Gasteiger partial charge in [-0.05, 0) is 44.5 Å². The summed E-state index contributed by atoms with van der Waals surface area (Å²) in [6, 6.07) is 5.63. The molecule has 0 bridgehead atoms. The van der Waals surface area contributed by atoms with E-state index in [-0.39, 0.29) is 10.8 Å². The van der Waals surface area contributed by atoms with Gasteiger partial charge in [0.15, 0.2) is 17.9 Å². The Hall–Kier alpha value is -4.63. The SMILES string of the molecule is C[n+]1cc(-c2ccc(OC[C@H](O/N=C(/C(=O)N[C@@H]3C(=O)N(OS(=O)(=O)O)C3(C)C)c3csc(N)n3)C(=O)O)cc2)cn1CCCN. The van der Waals surface area contributed by atoms with Crippen LogP contribution < -0.4 is 26.2 Å². The predicted molar refractivity (Wildman–Crippen MR) is 161 cm³/mol. The number of carboxylic acid groups (broad SMARTS) is 1. The largest absolute Gasteiger partial charge is 0.489 e. The van der Waals surface area contributed by atoms with E-state index in [9.17, 15) is 27.9 Å². The number of nitrogens with zero attached hydrogens (tertiary/aromatic N) is 5. The van der Waals surface area contributed by atoms with Crippen LogP contribution in [-0.2, 0) is 47.5 Å². The minimum atomic E-state index is -5.01. The van der Waals surface area contributed by atoms with Crippen molar-refractivity contribution in [3.63, 3.8) is 0 Å². The first kappa shape index (κ1) is 34.2. The summed E-state index contributed by atoms with van der Waals surface area (Å²) in [5.41, 5.74) is 11.1. The molecule has 18 nitrogen and oxygen atoms in total. The van der Waals surface area contributed by atoms with E-state index in [0.717, 1.165) is 35.4 Å². The van der Waals surface area contributed by atoms with Crippen molar-refractivity contribution >= 4 is 50.4 Å². The maximum Gasteiger partial charge on any atom is 0.418 e. The average Bonchev–Trinajstić information content (AvgIpc) is 3.59. The van der Waals surface area contributed by atoms with Crippen LogP contribution in [0.15, 0.2) is 47.2 Å². The lowest BCUT2D eigenvalue weighted by atomic mass is 9.84. The second-order valence-corrected chi connectivity index (χ2v) is 12.5. The number of benzene rings is 1. The van der Waals surface area contributed by atoms with E-state index in [2.05, 4.69) is 19.7 Å². The predicted octanol–water partition coefficient (Wildman–Crippen LogP) is -0.540. The van der Waals surface area contributed by atoms with Crippen molar-refractivity contribution in [2.45, 2.75) is 44.5 Å². The molecule has 7 N–H and O–H groups in total. The summed E-state index contributed by atoms with van der Waals surface area (Å²) in [5, 5.41) is 17.6. The van der Waals surface area contributed by atoms with Gasteiger partial charge in [0.05, 0.1) is 23.8 Å². The van der Waals surface area contributed by atoms with E-state index in [1.54, 1.807) is 12.1 Å². The summed E-state index contributed by atoms with van der Waals surface area (Å²) in [6.07, 6.45) is 3.12. The number of hydroxylamine groups is 2. The van der Waals surface area contributed by atoms with Crippen molar-refractivity contribution in [1.29, 1.82) is 0 Å². The number of carbonyl (C=O) groups excluding carboxylic acids is 2. The molecule has 1 fully saturated rings. The molecule has 0 aliphatic carbocycles. The number of rotatable bonds is 15. The normalized spacial score (nSPS) is 16.9. The monoisotopic (exact) mass is 681 g/mol. The number of hydrogen-bond donors (Lipinski definition) is 5. The maximum absolute atomic E-state index is 13.2. The van der Waals surface area contributed by atoms with Gasteiger partial charge in [-0.1, -0.05) is 17.3 Å². The number of aryl methyl sites for hydroxylation is 2. The Morgan fingerprint density at radius 3 is 2.52 bits per heavy atom. The Balaban J connectivity index is 1.44. The van der Waals surface area contributed by atoms with Gasteiger partial charge >= 0.3 is 16.4 Å². The van der Waals surface area contributed by atoms with Gasteiger partial charge in [-0.15, -0.1) is 20.3 Å². The number of oxime groups is 1. The highest BCUT2D eigenvalue weighted by molar-refractivity contribution is 7.80. The number of carboxylic acids is 1. The number of nitrogens with one attached hydrogen (secondary N) is 1. The van der Waals surface area contributed by atoms with Crippen LogP contribution in [0, 0.1) is 0 Å². The fraction of sp³-hybridized carbons (Fsp3) is 0.385. The Bertz CT molecular complexity index is 1740. The van der Waals surface area contributed by atoms with Crippen LogP contribution in [0.5, 0.6) is 5.75 Å². The number of nitrogens with two attached hydrogens (primary N) is 2. The molecule has 1 saturated heterocycles. The highest BCUT2D eigenvalue weighted by atomic mass is 32.3. The number of hydrogen-bond acceptors (Lipinski definition) is 13. The van der Waals surface area contributed by atoms with Gasteiger partial charge < -0.3 is 31.5 Å². The van der Waals surface area contributed by atoms with Crippen LogP contribution in [-0.4, -0.2) is 87.1 Å². The van der Waals surface area contributed by atoms with E-state index in [1.807, 2.05) is 40.9 Å². The number of ether oxygens (including phenoxy) is 1. The first-order valence-electron chi connectivity index (χ1n) is 13.6. The molecule has 1 aliphatic rings. The zero-order valence-electron chi connectivity index (χ0n) is 24.9. The zero-order valence-corrected chi connectivity index (χ0v) is 26.5. The number of carbonyl (C=O) groups is 3. The number of thiazole rings is 1. The minimum absolute atomic E-state index is 0.0609. The van der Waals surface area contributed by atoms with Crippen LogP contribution in [0.25, 0.3) is 11.1 Å². The lowest BCUT2D eigenvalue weighted by molar-refractivity contribution is -0.753. The van der Waals surface area contributed by atoms with Gasteiger partial charge in [-0.3, -0.25) is 14.1 Å². The van der Waals surface area contributed by atoms with Crippen LogP contribution in [0.2, 0.25) is 0 Å². The molecule has 20 heteroatoms. The second-order valence-electron chi connectivity index (χ2n) is 10.6. The lowest BCUT2D eigenvalue weighted by Crippen LogP contribution is -2.76. The van der Waals surface area contributed by atoms with Crippen LogP contribution in [0.1, 0.15) is 26.0 Å². The van der Waals surface area contributed by atoms with Crippen molar-refractivity contribution in [2.75, 3.05) is 18.9 Å². The summed E-state index contributed by atoms with van der Waals surface area (Å²) >= 11 is 0.961. The average molecular weight is 682 g/mol. The number of aliphatic carboxylic acids is 1. The number of amides is 2. The van der Waals surface area contributed by atoms with E-state index in [4.69, 9.17) is 25.6 Å². The van der Waals surface area contributed by atoms with E-state index in [1.165, 1.54) is 19.2 Å². The van der Waals surface area contributed by atoms with Crippen molar-refractivity contribution in [2.24, 2.45) is 17.9 Å². The third-order valence-electron chi connectivity index (χ3n) is 6.85. The van der Waals surface area contributed by atoms with Crippen molar-refractivity contribution in [3.05, 3.63) is 47.7 Å². The fourth-order valence-corrected chi connectivity index (χ4v) is 5.39. The Morgan fingerprint density at radius 1 is 1.26 bits per heavy atom. The van der Waals surface area contributed by atoms with Gasteiger partial charge in [0.1, 0.15) is 24.1 Å². The number of β-lactam (4-membered cyclic amide) rings is 1. The lowest BCUT2D eigenvalue weighted by Gasteiger charge is -2.50. The van der Waals surface area contributed by atoms with Gasteiger partial charge in [0, 0.05) is 5.38 Å². The molecule has 0 saturated carbocycles. The maximum atomic E-state index is 13.2. The molecule has 0 unspecified atom stereocenters. The molecule has 0 radical (unpaired) electrons. The molecule has 3 heterocycles. The molecule has 0 spiro atoms. The Morgan fingerprint density at radius 2 is 1.96 bits per heavy atom. The molecule has 46 heavy (non-hydrogen) atoms. The smallest absolute Gasteiger partial charge is 0.418 e. The number of nitrogen functional groups attached to an aromatic ring is 1. The van der Waals surface area contributed by atoms with Gasteiger partial charge in [0.25, 0.3) is 17.9 Å². The van der Waals surface area contributed by atoms with E-state index in [0.29, 0.717) is 17.4 Å². The summed E-state index contributed by atoms with van der Waals surface area (Å²) in [5.74, 6) is -3.11. The fourth-order valence-electron chi connectivity index (χ4n) is 4.38. The standard InChI is InChI=1S/C26H32N8O10S2/c1-26(2)21(23(36)34(26)44-46(39,40)41)30-22(35)20(18-14-45-25(28)29-18)31-43-19(24(37)38)13-42-17-7-5-15(6-8-17)16-11-32(3)33(12-16)10-4-9-27/h5-8,11-12,14,19,21H,4,9-10,13,27H2,1-3H3,(H4-,28,29,30,35,37,38,39,40,41)/p+1/b31-20+/t19-,21+/m0/s1. The third-order valence-corrected chi connectivity index (χ3v) is 7.86. The minimum Gasteiger partial charge on any atom is -0.489 e. The Kier molecular flexibility index (Phi) is 10.3. The molecular formula is C26H33N8O10S2+. The quantitative estimate of drug-likeness (QED) is 0.0445.